The minimum Gasteiger partial charge on any atom is -0.252 e. The fourth-order valence-corrected chi connectivity index (χ4v) is 6.63. The van der Waals surface area contributed by atoms with Crippen LogP contribution in [-0.4, -0.2) is 9.97 Å². The minimum absolute atomic E-state index is 0.0450. The summed E-state index contributed by atoms with van der Waals surface area (Å²) >= 11 is 1.54. The zero-order valence-electron chi connectivity index (χ0n) is 23.1. The van der Waals surface area contributed by atoms with Crippen LogP contribution in [0.5, 0.6) is 0 Å². The lowest BCUT2D eigenvalue weighted by atomic mass is 9.82. The second-order valence-corrected chi connectivity index (χ2v) is 13.5. The largest absolute Gasteiger partial charge is 0.252 e. The third kappa shape index (κ3) is 4.92. The Balaban J connectivity index is 1.70. The number of aryl methyl sites for hydroxylation is 2. The lowest BCUT2D eigenvalue weighted by Crippen LogP contribution is -2.12. The average molecular weight is 511 g/mol. The molecule has 5 rings (SSSR count). The van der Waals surface area contributed by atoms with Crippen molar-refractivity contribution in [1.82, 2.24) is 9.97 Å². The van der Waals surface area contributed by atoms with E-state index in [0.29, 0.717) is 5.52 Å². The SMILES string of the molecule is Cc1cc(CC(C)(C)C)cc(C)c1-c1nc2c(F)cnc(-c3cc(C(C)(C)C)c4ccccc4c3)c2s1. The first kappa shape index (κ1) is 25.5. The van der Waals surface area contributed by atoms with Crippen LogP contribution in [0.25, 0.3) is 42.8 Å². The Morgan fingerprint density at radius 2 is 1.57 bits per heavy atom. The van der Waals surface area contributed by atoms with Crippen LogP contribution in [-0.2, 0) is 11.8 Å². The number of benzene rings is 3. The summed E-state index contributed by atoms with van der Waals surface area (Å²) in [7, 11) is 0. The van der Waals surface area contributed by atoms with Gasteiger partial charge in [0.2, 0.25) is 0 Å². The number of fused-ring (bicyclic) bond motifs is 2. The molecule has 0 bridgehead atoms. The highest BCUT2D eigenvalue weighted by atomic mass is 32.1. The van der Waals surface area contributed by atoms with Gasteiger partial charge in [0.05, 0.1) is 16.6 Å². The van der Waals surface area contributed by atoms with Crippen LogP contribution in [0, 0.1) is 25.1 Å². The number of aromatic nitrogens is 2. The van der Waals surface area contributed by atoms with Crippen molar-refractivity contribution in [2.24, 2.45) is 5.41 Å². The molecule has 3 aromatic carbocycles. The van der Waals surface area contributed by atoms with Gasteiger partial charge in [-0.05, 0) is 76.3 Å². The van der Waals surface area contributed by atoms with Crippen LogP contribution in [0.3, 0.4) is 0 Å². The van der Waals surface area contributed by atoms with Crippen molar-refractivity contribution in [3.8, 4) is 21.8 Å². The Morgan fingerprint density at radius 1 is 0.892 bits per heavy atom. The number of hydrogen-bond acceptors (Lipinski definition) is 3. The quantitative estimate of drug-likeness (QED) is 0.241. The highest BCUT2D eigenvalue weighted by Gasteiger charge is 2.22. The second kappa shape index (κ2) is 9.02. The number of hydrogen-bond donors (Lipinski definition) is 0. The van der Waals surface area contributed by atoms with Crippen molar-refractivity contribution in [2.75, 3.05) is 0 Å². The average Bonchev–Trinajstić information content (AvgIpc) is 3.22. The smallest absolute Gasteiger partial charge is 0.168 e. The van der Waals surface area contributed by atoms with Crippen LogP contribution in [0.1, 0.15) is 63.8 Å². The summed E-state index contributed by atoms with van der Waals surface area (Å²) < 4.78 is 15.9. The number of halogens is 1. The van der Waals surface area contributed by atoms with E-state index in [2.05, 4.69) is 109 Å². The summed E-state index contributed by atoms with van der Waals surface area (Å²) in [5.41, 5.74) is 8.38. The van der Waals surface area contributed by atoms with Gasteiger partial charge < -0.3 is 0 Å². The lowest BCUT2D eigenvalue weighted by Gasteiger charge is -2.22. The molecule has 2 nitrogen and oxygen atoms in total. The molecule has 0 saturated heterocycles. The van der Waals surface area contributed by atoms with E-state index in [4.69, 9.17) is 4.98 Å². The van der Waals surface area contributed by atoms with Gasteiger partial charge in [0, 0.05) is 11.1 Å². The highest BCUT2D eigenvalue weighted by Crippen LogP contribution is 2.41. The molecule has 0 N–H and O–H groups in total. The molecule has 0 spiro atoms. The molecule has 0 atom stereocenters. The normalized spacial score (nSPS) is 12.6. The Kier molecular flexibility index (Phi) is 6.23. The summed E-state index contributed by atoms with van der Waals surface area (Å²) in [5.74, 6) is -0.377. The van der Waals surface area contributed by atoms with Gasteiger partial charge in [-0.3, -0.25) is 4.98 Å². The maximum atomic E-state index is 15.1. The van der Waals surface area contributed by atoms with Crippen LogP contribution in [0.2, 0.25) is 0 Å². The van der Waals surface area contributed by atoms with Gasteiger partial charge in [-0.15, -0.1) is 11.3 Å². The molecule has 2 aromatic heterocycles. The van der Waals surface area contributed by atoms with Crippen LogP contribution in [0.15, 0.2) is 54.7 Å². The summed E-state index contributed by atoms with van der Waals surface area (Å²) in [6.07, 6.45) is 2.33. The molecular weight excluding hydrogens is 475 g/mol. The molecule has 0 aliphatic carbocycles. The first-order chi connectivity index (χ1) is 17.3. The number of thiazole rings is 1. The topological polar surface area (TPSA) is 25.8 Å². The summed E-state index contributed by atoms with van der Waals surface area (Å²) in [6.45, 7) is 17.7. The van der Waals surface area contributed by atoms with Gasteiger partial charge in [0.25, 0.3) is 0 Å². The maximum Gasteiger partial charge on any atom is 0.168 e. The molecule has 4 heteroatoms. The Hall–Kier alpha value is -3.11. The fourth-order valence-electron chi connectivity index (χ4n) is 5.37. The first-order valence-corrected chi connectivity index (χ1v) is 13.7. The van der Waals surface area contributed by atoms with Crippen LogP contribution in [0.4, 0.5) is 4.39 Å². The van der Waals surface area contributed by atoms with Crippen molar-refractivity contribution in [2.45, 2.75) is 67.2 Å². The molecule has 0 amide bonds. The standard InChI is InChI=1S/C33H35FN2S/c1-19-13-21(17-32(3,4)5)14-20(2)27(19)31-36-29-26(34)18-35-28(30(29)37-31)23-15-22-11-9-10-12-24(22)25(16-23)33(6,7)8/h9-16,18H,17H2,1-8H3. The van der Waals surface area contributed by atoms with E-state index in [1.807, 2.05) is 0 Å². The van der Waals surface area contributed by atoms with Gasteiger partial charge in [-0.25, -0.2) is 9.37 Å². The number of nitrogens with zero attached hydrogens (tertiary/aromatic N) is 2. The fraction of sp³-hybridized carbons (Fsp3) is 0.333. The molecule has 0 fully saturated rings. The molecule has 5 aromatic rings. The van der Waals surface area contributed by atoms with E-state index in [9.17, 15) is 0 Å². The summed E-state index contributed by atoms with van der Waals surface area (Å²) in [4.78, 5) is 9.44. The molecule has 0 unspecified atom stereocenters. The third-order valence-electron chi connectivity index (χ3n) is 6.86. The summed E-state index contributed by atoms with van der Waals surface area (Å²) in [6, 6.07) is 17.4. The van der Waals surface area contributed by atoms with Crippen molar-refractivity contribution in [1.29, 1.82) is 0 Å². The third-order valence-corrected chi connectivity index (χ3v) is 7.94. The molecule has 0 saturated carbocycles. The predicted molar refractivity (Wildman–Crippen MR) is 157 cm³/mol. The van der Waals surface area contributed by atoms with E-state index in [1.165, 1.54) is 45.2 Å². The molecule has 0 aliphatic heterocycles. The predicted octanol–water partition coefficient (Wildman–Crippen LogP) is 9.82. The van der Waals surface area contributed by atoms with Gasteiger partial charge >= 0.3 is 0 Å². The Morgan fingerprint density at radius 3 is 2.22 bits per heavy atom. The molecule has 0 aliphatic rings. The zero-order valence-corrected chi connectivity index (χ0v) is 23.9. The van der Waals surface area contributed by atoms with Crippen molar-refractivity contribution in [3.05, 3.63) is 82.8 Å². The minimum atomic E-state index is -0.377. The van der Waals surface area contributed by atoms with E-state index in [0.717, 1.165) is 38.3 Å². The molecule has 190 valence electrons. The molecule has 0 radical (unpaired) electrons. The molecular formula is C33H35FN2S. The van der Waals surface area contributed by atoms with Crippen molar-refractivity contribution >= 4 is 32.3 Å². The molecule has 37 heavy (non-hydrogen) atoms. The van der Waals surface area contributed by atoms with E-state index in [1.54, 1.807) is 0 Å². The Labute approximate surface area is 223 Å². The number of pyridine rings is 1. The maximum absolute atomic E-state index is 15.1. The highest BCUT2D eigenvalue weighted by molar-refractivity contribution is 7.22. The second-order valence-electron chi connectivity index (χ2n) is 12.5. The number of rotatable bonds is 3. The van der Waals surface area contributed by atoms with Gasteiger partial charge in [-0.2, -0.15) is 0 Å². The lowest BCUT2D eigenvalue weighted by molar-refractivity contribution is 0.411. The van der Waals surface area contributed by atoms with Gasteiger partial charge in [0.15, 0.2) is 5.82 Å². The zero-order chi connectivity index (χ0) is 26.7. The monoisotopic (exact) mass is 510 g/mol. The van der Waals surface area contributed by atoms with E-state index < -0.39 is 0 Å². The summed E-state index contributed by atoms with van der Waals surface area (Å²) in [5, 5.41) is 3.25. The molecule has 2 heterocycles. The van der Waals surface area contributed by atoms with Gasteiger partial charge in [0.1, 0.15) is 10.5 Å². The van der Waals surface area contributed by atoms with Crippen LogP contribution < -0.4 is 0 Å². The van der Waals surface area contributed by atoms with Crippen molar-refractivity contribution < 1.29 is 4.39 Å². The van der Waals surface area contributed by atoms with Gasteiger partial charge in [-0.1, -0.05) is 77.9 Å². The Bertz CT molecular complexity index is 1620. The van der Waals surface area contributed by atoms with Crippen molar-refractivity contribution in [3.63, 3.8) is 0 Å². The van der Waals surface area contributed by atoms with E-state index in [-0.39, 0.29) is 16.6 Å². The van der Waals surface area contributed by atoms with Crippen LogP contribution >= 0.6 is 11.3 Å². The first-order valence-electron chi connectivity index (χ1n) is 12.9. The van der Waals surface area contributed by atoms with E-state index >= 15 is 4.39 Å².